The van der Waals surface area contributed by atoms with Crippen molar-refractivity contribution in [3.63, 3.8) is 0 Å². The van der Waals surface area contributed by atoms with Gasteiger partial charge >= 0.3 is 5.97 Å². The summed E-state index contributed by atoms with van der Waals surface area (Å²) in [6.07, 6.45) is 0. The number of fused-ring (bicyclic) bond motifs is 1. The highest BCUT2D eigenvalue weighted by Gasteiger charge is 2.64. The molecule has 4 aromatic carbocycles. The zero-order valence-corrected chi connectivity index (χ0v) is 24.3. The molecule has 9 heteroatoms. The molecule has 0 radical (unpaired) electrons. The number of benzene rings is 4. The Bertz CT molecular complexity index is 1680. The van der Waals surface area contributed by atoms with Crippen LogP contribution in [0, 0.1) is 0 Å². The van der Waals surface area contributed by atoms with Crippen molar-refractivity contribution < 1.29 is 23.9 Å². The number of para-hydroxylation sites is 2. The molecule has 0 bridgehead atoms. The van der Waals surface area contributed by atoms with E-state index in [9.17, 15) is 14.4 Å². The third-order valence-corrected chi connectivity index (χ3v) is 8.17. The predicted molar refractivity (Wildman–Crippen MR) is 168 cm³/mol. The molecule has 2 amide bonds. The number of aliphatic imine (C=N–C) groups is 1. The molecule has 0 saturated carbocycles. The van der Waals surface area contributed by atoms with Gasteiger partial charge in [-0.25, -0.2) is 9.79 Å². The average Bonchev–Trinajstić information content (AvgIpc) is 3.57. The number of methoxy groups -OCH3 is 1. The first kappa shape index (κ1) is 28.0. The van der Waals surface area contributed by atoms with E-state index < -0.39 is 23.4 Å². The van der Waals surface area contributed by atoms with Gasteiger partial charge in [0.1, 0.15) is 10.8 Å². The van der Waals surface area contributed by atoms with Crippen LogP contribution in [0.4, 0.5) is 17.1 Å². The Labute approximate surface area is 253 Å². The molecule has 2 aliphatic rings. The molecule has 0 atom stereocenters. The van der Waals surface area contributed by atoms with Crippen LogP contribution in [0.25, 0.3) is 0 Å². The van der Waals surface area contributed by atoms with Gasteiger partial charge in [0.15, 0.2) is 0 Å². The molecule has 4 aromatic rings. The van der Waals surface area contributed by atoms with Crippen LogP contribution in [0.1, 0.15) is 27.6 Å². The van der Waals surface area contributed by atoms with Crippen molar-refractivity contribution in [1.29, 1.82) is 0 Å². The molecule has 8 nitrogen and oxygen atoms in total. The fourth-order valence-corrected chi connectivity index (χ4v) is 6.43. The first-order valence-electron chi connectivity index (χ1n) is 13.7. The first-order chi connectivity index (χ1) is 21.0. The summed E-state index contributed by atoms with van der Waals surface area (Å²) in [6.45, 7) is 1.82. The Kier molecular flexibility index (Phi) is 7.56. The second kappa shape index (κ2) is 11.6. The minimum atomic E-state index is -1.78. The highest BCUT2D eigenvalue weighted by Crippen LogP contribution is 2.55. The van der Waals surface area contributed by atoms with Crippen LogP contribution in [0.5, 0.6) is 5.75 Å². The number of amides is 2. The van der Waals surface area contributed by atoms with Crippen molar-refractivity contribution >= 4 is 51.7 Å². The zero-order valence-electron chi connectivity index (χ0n) is 23.5. The van der Waals surface area contributed by atoms with E-state index in [1.807, 2.05) is 12.1 Å². The van der Waals surface area contributed by atoms with Gasteiger partial charge in [0.05, 0.1) is 36.4 Å². The standard InChI is InChI=1S/C34H27N3O5S/c1-3-42-32(40)27-22-43-33(35-25-18-20-26(41-2)21-19-25)34(27)36(30(38)23-12-6-4-7-13-23)28-16-10-11-17-29(28)37(34)31(39)24-14-8-5-9-15-24/h4-22H,3H2,1-2H3. The van der Waals surface area contributed by atoms with Crippen molar-refractivity contribution in [2.75, 3.05) is 23.5 Å². The lowest BCUT2D eigenvalue weighted by Crippen LogP contribution is -2.66. The largest absolute Gasteiger partial charge is 0.497 e. The lowest BCUT2D eigenvalue weighted by molar-refractivity contribution is -0.138. The molecule has 214 valence electrons. The Morgan fingerprint density at radius 2 is 1.26 bits per heavy atom. The summed E-state index contributed by atoms with van der Waals surface area (Å²) >= 11 is 1.18. The second-order valence-electron chi connectivity index (χ2n) is 9.66. The van der Waals surface area contributed by atoms with E-state index >= 15 is 0 Å². The van der Waals surface area contributed by atoms with Gasteiger partial charge in [0.25, 0.3) is 11.8 Å². The van der Waals surface area contributed by atoms with Gasteiger partial charge in [-0.3, -0.25) is 19.4 Å². The number of anilines is 2. The summed E-state index contributed by atoms with van der Waals surface area (Å²) in [6, 6.07) is 31.8. The van der Waals surface area contributed by atoms with E-state index in [0.29, 0.717) is 39.0 Å². The van der Waals surface area contributed by atoms with E-state index in [1.165, 1.54) is 21.6 Å². The maximum absolute atomic E-state index is 14.6. The smallest absolute Gasteiger partial charge is 0.339 e. The number of esters is 1. The predicted octanol–water partition coefficient (Wildman–Crippen LogP) is 6.62. The number of ether oxygens (including phenoxy) is 2. The molecule has 6 rings (SSSR count). The Hall–Kier alpha value is -5.15. The number of rotatable bonds is 6. The average molecular weight is 590 g/mol. The molecule has 0 N–H and O–H groups in total. The third-order valence-electron chi connectivity index (χ3n) is 7.22. The zero-order chi connectivity index (χ0) is 30.0. The maximum Gasteiger partial charge on any atom is 0.339 e. The van der Waals surface area contributed by atoms with Gasteiger partial charge in [-0.15, -0.1) is 0 Å². The van der Waals surface area contributed by atoms with E-state index in [2.05, 4.69) is 0 Å². The molecule has 0 aromatic heterocycles. The highest BCUT2D eigenvalue weighted by molar-refractivity contribution is 8.17. The number of carbonyl (C=O) groups excluding carboxylic acids is 3. The van der Waals surface area contributed by atoms with E-state index in [1.54, 1.807) is 117 Å². The van der Waals surface area contributed by atoms with E-state index in [0.717, 1.165) is 0 Å². The van der Waals surface area contributed by atoms with Crippen LogP contribution in [0.15, 0.2) is 125 Å². The fraction of sp³-hybridized carbons (Fsp3) is 0.118. The summed E-state index contributed by atoms with van der Waals surface area (Å²) < 4.78 is 10.9. The molecule has 2 heterocycles. The SMILES string of the molecule is CCOC(=O)C1=CSC(=Nc2ccc(OC)cc2)C12N(C(=O)c1ccccc1)c1ccccc1N2C(=O)c1ccccc1. The minimum Gasteiger partial charge on any atom is -0.497 e. The number of hydrogen-bond donors (Lipinski definition) is 0. The van der Waals surface area contributed by atoms with Gasteiger partial charge < -0.3 is 9.47 Å². The van der Waals surface area contributed by atoms with Crippen molar-refractivity contribution in [1.82, 2.24) is 0 Å². The fourth-order valence-electron chi connectivity index (χ4n) is 5.33. The monoisotopic (exact) mass is 589 g/mol. The molecule has 1 spiro atoms. The minimum absolute atomic E-state index is 0.105. The third kappa shape index (κ3) is 4.67. The normalized spacial score (nSPS) is 15.8. The van der Waals surface area contributed by atoms with Crippen molar-refractivity contribution in [2.24, 2.45) is 4.99 Å². The Morgan fingerprint density at radius 1 is 0.744 bits per heavy atom. The Balaban J connectivity index is 1.67. The van der Waals surface area contributed by atoms with Crippen LogP contribution in [-0.2, 0) is 9.53 Å². The molecule has 0 unspecified atom stereocenters. The van der Waals surface area contributed by atoms with Crippen LogP contribution in [0.3, 0.4) is 0 Å². The van der Waals surface area contributed by atoms with Gasteiger partial charge in [-0.1, -0.05) is 60.3 Å². The number of thioether (sulfide) groups is 1. The summed E-state index contributed by atoms with van der Waals surface area (Å²) in [7, 11) is 1.58. The number of nitrogens with zero attached hydrogens (tertiary/aromatic N) is 3. The maximum atomic E-state index is 14.6. The molecule has 0 saturated heterocycles. The van der Waals surface area contributed by atoms with Crippen LogP contribution >= 0.6 is 11.8 Å². The summed E-state index contributed by atoms with van der Waals surface area (Å²) in [5.41, 5.74) is 0.568. The quantitative estimate of drug-likeness (QED) is 0.235. The lowest BCUT2D eigenvalue weighted by Gasteiger charge is -2.42. The molecular weight excluding hydrogens is 562 g/mol. The van der Waals surface area contributed by atoms with Crippen LogP contribution < -0.4 is 14.5 Å². The molecule has 43 heavy (non-hydrogen) atoms. The highest BCUT2D eigenvalue weighted by atomic mass is 32.2. The summed E-state index contributed by atoms with van der Waals surface area (Å²) in [4.78, 5) is 51.0. The molecule has 0 aliphatic carbocycles. The first-order valence-corrected chi connectivity index (χ1v) is 14.5. The lowest BCUT2D eigenvalue weighted by atomic mass is 9.96. The number of carbonyl (C=O) groups is 3. The van der Waals surface area contributed by atoms with Crippen molar-refractivity contribution in [3.8, 4) is 5.75 Å². The van der Waals surface area contributed by atoms with E-state index in [4.69, 9.17) is 14.5 Å². The van der Waals surface area contributed by atoms with Gasteiger partial charge in [0, 0.05) is 11.1 Å². The second-order valence-corrected chi connectivity index (χ2v) is 10.5. The van der Waals surface area contributed by atoms with Crippen LogP contribution in [-0.4, -0.2) is 42.2 Å². The molecular formula is C34H27N3O5S. The van der Waals surface area contributed by atoms with Gasteiger partial charge in [0.2, 0.25) is 5.66 Å². The summed E-state index contributed by atoms with van der Waals surface area (Å²) in [5, 5.41) is 1.97. The molecule has 2 aliphatic heterocycles. The van der Waals surface area contributed by atoms with Crippen molar-refractivity contribution in [2.45, 2.75) is 12.6 Å². The molecule has 0 fully saturated rings. The Morgan fingerprint density at radius 3 is 1.74 bits per heavy atom. The topological polar surface area (TPSA) is 88.5 Å². The van der Waals surface area contributed by atoms with Gasteiger partial charge in [-0.2, -0.15) is 0 Å². The van der Waals surface area contributed by atoms with Gasteiger partial charge in [-0.05, 0) is 73.0 Å². The number of hydrogen-bond acceptors (Lipinski definition) is 7. The van der Waals surface area contributed by atoms with Crippen molar-refractivity contribution in [3.05, 3.63) is 131 Å². The van der Waals surface area contributed by atoms with E-state index in [-0.39, 0.29) is 12.2 Å². The van der Waals surface area contributed by atoms with Crippen LogP contribution in [0.2, 0.25) is 0 Å². The summed E-state index contributed by atoms with van der Waals surface area (Å²) in [5.74, 6) is -0.814.